The lowest BCUT2D eigenvalue weighted by molar-refractivity contribution is 1.14. The van der Waals surface area contributed by atoms with Gasteiger partial charge >= 0.3 is 0 Å². The Balaban J connectivity index is 1.59. The van der Waals surface area contributed by atoms with E-state index >= 15 is 0 Å². The van der Waals surface area contributed by atoms with Crippen LogP contribution in [0.15, 0.2) is 64.6 Å². The van der Waals surface area contributed by atoms with Crippen LogP contribution in [-0.2, 0) is 0 Å². The Morgan fingerprint density at radius 1 is 1.13 bits per heavy atom. The fraction of sp³-hybridized carbons (Fsp3) is 0.105. The van der Waals surface area contributed by atoms with Crippen LogP contribution in [0.4, 0.5) is 5.69 Å². The smallest absolute Gasteiger partial charge is 0.124 e. The van der Waals surface area contributed by atoms with Gasteiger partial charge in [0.25, 0.3) is 0 Å². The highest BCUT2D eigenvalue weighted by Gasteiger charge is 2.06. The first-order chi connectivity index (χ1) is 11.3. The van der Waals surface area contributed by atoms with E-state index in [4.69, 9.17) is 4.98 Å². The van der Waals surface area contributed by atoms with Crippen LogP contribution in [-0.4, -0.2) is 23.5 Å². The number of hydrogen-bond donors (Lipinski definition) is 0. The standard InChI is InChI=1S/C19H15N3S/c1-13-4-9-17-18(11-13)23-19(22-17)14-5-7-15(8-6-14)21-12-16-3-2-10-20-16/h2-12,16H,1H3. The molecule has 0 radical (unpaired) electrons. The number of rotatable bonds is 3. The zero-order valence-corrected chi connectivity index (χ0v) is 13.5. The van der Waals surface area contributed by atoms with Crippen molar-refractivity contribution >= 4 is 39.7 Å². The predicted molar refractivity (Wildman–Crippen MR) is 99.4 cm³/mol. The molecule has 112 valence electrons. The lowest BCUT2D eigenvalue weighted by Crippen LogP contribution is -1.96. The average molecular weight is 317 g/mol. The maximum atomic E-state index is 4.71. The number of nitrogens with zero attached hydrogens (tertiary/aromatic N) is 3. The lowest BCUT2D eigenvalue weighted by atomic mass is 10.2. The quantitative estimate of drug-likeness (QED) is 0.627. The molecule has 0 saturated heterocycles. The molecular formula is C19H15N3S. The van der Waals surface area contributed by atoms with Gasteiger partial charge in [-0.15, -0.1) is 11.3 Å². The molecule has 1 atom stereocenters. The second-order valence-corrected chi connectivity index (χ2v) is 6.52. The van der Waals surface area contributed by atoms with Crippen molar-refractivity contribution in [2.24, 2.45) is 9.98 Å². The van der Waals surface area contributed by atoms with Crippen molar-refractivity contribution in [1.82, 2.24) is 4.98 Å². The fourth-order valence-corrected chi connectivity index (χ4v) is 3.53. The van der Waals surface area contributed by atoms with Gasteiger partial charge in [-0.2, -0.15) is 0 Å². The molecule has 0 aliphatic carbocycles. The molecule has 3 nitrogen and oxygen atoms in total. The molecule has 2 aromatic carbocycles. The van der Waals surface area contributed by atoms with Crippen LogP contribution < -0.4 is 0 Å². The van der Waals surface area contributed by atoms with Gasteiger partial charge in [0, 0.05) is 18.0 Å². The number of aryl methyl sites for hydroxylation is 1. The Bertz CT molecular complexity index is 921. The predicted octanol–water partition coefficient (Wildman–Crippen LogP) is 4.98. The van der Waals surface area contributed by atoms with E-state index in [1.165, 1.54) is 10.3 Å². The summed E-state index contributed by atoms with van der Waals surface area (Å²) < 4.78 is 1.23. The molecule has 0 spiro atoms. The first kappa shape index (κ1) is 14.0. The van der Waals surface area contributed by atoms with Crippen molar-refractivity contribution in [3.05, 3.63) is 60.2 Å². The maximum Gasteiger partial charge on any atom is 0.124 e. The number of fused-ring (bicyclic) bond motifs is 1. The zero-order chi connectivity index (χ0) is 15.6. The maximum absolute atomic E-state index is 4.71. The van der Waals surface area contributed by atoms with Gasteiger partial charge in [0.1, 0.15) is 11.0 Å². The highest BCUT2D eigenvalue weighted by molar-refractivity contribution is 7.21. The van der Waals surface area contributed by atoms with E-state index in [1.54, 1.807) is 17.6 Å². The van der Waals surface area contributed by atoms with Crippen molar-refractivity contribution in [1.29, 1.82) is 0 Å². The average Bonchev–Trinajstić information content (AvgIpc) is 3.22. The number of thiazole rings is 1. The molecule has 0 fully saturated rings. The van der Waals surface area contributed by atoms with Crippen LogP contribution in [0.5, 0.6) is 0 Å². The Morgan fingerprint density at radius 2 is 2.00 bits per heavy atom. The number of aromatic nitrogens is 1. The lowest BCUT2D eigenvalue weighted by Gasteiger charge is -1.98. The van der Waals surface area contributed by atoms with Crippen molar-refractivity contribution in [3.8, 4) is 10.6 Å². The van der Waals surface area contributed by atoms with E-state index in [1.807, 2.05) is 30.5 Å². The van der Waals surface area contributed by atoms with E-state index < -0.39 is 0 Å². The number of hydrogen-bond acceptors (Lipinski definition) is 4. The van der Waals surface area contributed by atoms with E-state index in [9.17, 15) is 0 Å². The Hall–Kier alpha value is -2.59. The third kappa shape index (κ3) is 2.98. The van der Waals surface area contributed by atoms with Gasteiger partial charge in [0.05, 0.1) is 15.9 Å². The first-order valence-corrected chi connectivity index (χ1v) is 8.31. The second kappa shape index (κ2) is 5.89. The molecule has 1 unspecified atom stereocenters. The molecule has 0 amide bonds. The SMILES string of the molecule is Cc1ccc2nc(-c3ccc(N=CC4C=CC=N4)cc3)sc2c1. The summed E-state index contributed by atoms with van der Waals surface area (Å²) in [6.45, 7) is 2.11. The third-order valence-electron chi connectivity index (χ3n) is 3.69. The van der Waals surface area contributed by atoms with Gasteiger partial charge in [-0.05, 0) is 55.0 Å². The van der Waals surface area contributed by atoms with Crippen LogP contribution in [0, 0.1) is 6.92 Å². The van der Waals surface area contributed by atoms with Gasteiger partial charge in [-0.25, -0.2) is 4.98 Å². The molecule has 1 aliphatic rings. The Labute approximate surface area is 138 Å². The Morgan fingerprint density at radius 3 is 2.78 bits per heavy atom. The molecule has 1 aliphatic heterocycles. The topological polar surface area (TPSA) is 37.6 Å². The fourth-order valence-electron chi connectivity index (χ4n) is 2.46. The molecule has 2 heterocycles. The summed E-state index contributed by atoms with van der Waals surface area (Å²) in [6, 6.07) is 14.6. The second-order valence-electron chi connectivity index (χ2n) is 5.49. The van der Waals surface area contributed by atoms with Crippen LogP contribution in [0.25, 0.3) is 20.8 Å². The van der Waals surface area contributed by atoms with Crippen LogP contribution in [0.3, 0.4) is 0 Å². The number of allylic oxidation sites excluding steroid dienone is 1. The van der Waals surface area contributed by atoms with Crippen LogP contribution in [0.2, 0.25) is 0 Å². The third-order valence-corrected chi connectivity index (χ3v) is 4.75. The Kier molecular flexibility index (Phi) is 3.60. The van der Waals surface area contributed by atoms with Crippen molar-refractivity contribution in [2.45, 2.75) is 13.0 Å². The normalized spacial score (nSPS) is 16.8. The first-order valence-electron chi connectivity index (χ1n) is 7.50. The van der Waals surface area contributed by atoms with E-state index in [-0.39, 0.29) is 6.04 Å². The molecule has 23 heavy (non-hydrogen) atoms. The monoisotopic (exact) mass is 317 g/mol. The van der Waals surface area contributed by atoms with Crippen LogP contribution in [0.1, 0.15) is 5.56 Å². The summed E-state index contributed by atoms with van der Waals surface area (Å²) in [5.74, 6) is 0. The molecular weight excluding hydrogens is 302 g/mol. The van der Waals surface area contributed by atoms with Crippen LogP contribution >= 0.6 is 11.3 Å². The van der Waals surface area contributed by atoms with Gasteiger partial charge in [-0.3, -0.25) is 9.98 Å². The molecule has 4 rings (SSSR count). The van der Waals surface area contributed by atoms with E-state index in [0.29, 0.717) is 0 Å². The van der Waals surface area contributed by atoms with Crippen molar-refractivity contribution in [3.63, 3.8) is 0 Å². The molecule has 4 heteroatoms. The minimum atomic E-state index is 0.0715. The zero-order valence-electron chi connectivity index (χ0n) is 12.7. The summed E-state index contributed by atoms with van der Waals surface area (Å²) in [5.41, 5.74) is 4.38. The minimum Gasteiger partial charge on any atom is -0.280 e. The minimum absolute atomic E-state index is 0.0715. The van der Waals surface area contributed by atoms with Gasteiger partial charge in [-0.1, -0.05) is 12.1 Å². The summed E-state index contributed by atoms with van der Waals surface area (Å²) in [4.78, 5) is 13.4. The largest absolute Gasteiger partial charge is 0.280 e. The van der Waals surface area contributed by atoms with E-state index in [0.717, 1.165) is 21.8 Å². The highest BCUT2D eigenvalue weighted by atomic mass is 32.1. The number of aliphatic imine (C=N–C) groups is 2. The van der Waals surface area contributed by atoms with Gasteiger partial charge in [0.2, 0.25) is 0 Å². The molecule has 0 saturated carbocycles. The summed E-state index contributed by atoms with van der Waals surface area (Å²) >= 11 is 1.73. The van der Waals surface area contributed by atoms with Gasteiger partial charge in [0.15, 0.2) is 0 Å². The van der Waals surface area contributed by atoms with Crippen molar-refractivity contribution < 1.29 is 0 Å². The van der Waals surface area contributed by atoms with E-state index in [2.05, 4.69) is 47.2 Å². The summed E-state index contributed by atoms with van der Waals surface area (Å²) in [5, 5.41) is 1.05. The van der Waals surface area contributed by atoms with Crippen molar-refractivity contribution in [2.75, 3.05) is 0 Å². The molecule has 1 aromatic heterocycles. The highest BCUT2D eigenvalue weighted by Crippen LogP contribution is 2.31. The molecule has 0 N–H and O–H groups in total. The van der Waals surface area contributed by atoms with Gasteiger partial charge < -0.3 is 0 Å². The summed E-state index contributed by atoms with van der Waals surface area (Å²) in [7, 11) is 0. The molecule has 3 aromatic rings. The number of benzene rings is 2. The molecule has 0 bridgehead atoms. The summed E-state index contributed by atoms with van der Waals surface area (Å²) in [6.07, 6.45) is 7.61.